The Bertz CT molecular complexity index is 220. The average Bonchev–Trinajstić information content (AvgIpc) is 2.29. The fourth-order valence-corrected chi connectivity index (χ4v) is 1.75. The van der Waals surface area contributed by atoms with Crippen molar-refractivity contribution in [1.29, 1.82) is 0 Å². The molecule has 18 heavy (non-hydrogen) atoms. The van der Waals surface area contributed by atoms with Gasteiger partial charge in [0.1, 0.15) is 6.04 Å². The van der Waals surface area contributed by atoms with Crippen molar-refractivity contribution >= 4 is 5.97 Å². The molecule has 1 rings (SSSR count). The van der Waals surface area contributed by atoms with Gasteiger partial charge in [-0.25, -0.2) is 0 Å². The Labute approximate surface area is 110 Å². The average molecular weight is 256 g/mol. The Morgan fingerprint density at radius 3 is 2.11 bits per heavy atom. The molecular formula is C14H28N2O2. The molecule has 0 aromatic heterocycles. The Morgan fingerprint density at radius 1 is 1.11 bits per heavy atom. The lowest BCUT2D eigenvalue weighted by Crippen LogP contribution is -2.29. The molecule has 5 N–H and O–H groups in total. The Balaban J connectivity index is 0.000000327. The van der Waals surface area contributed by atoms with Crippen LogP contribution in [-0.2, 0) is 4.79 Å². The highest BCUT2D eigenvalue weighted by Crippen LogP contribution is 2.09. The second-order valence-electron chi connectivity index (χ2n) is 4.69. The molecule has 0 fully saturated rings. The molecule has 4 nitrogen and oxygen atoms in total. The van der Waals surface area contributed by atoms with E-state index in [1.807, 2.05) is 0 Å². The number of aliphatic carboxylic acids is 1. The van der Waals surface area contributed by atoms with Crippen LogP contribution in [0.4, 0.5) is 0 Å². The SMILES string of the molecule is C1=CCCCCCC1.NCCCCC(N)C(=O)O. The van der Waals surface area contributed by atoms with E-state index in [0.717, 1.165) is 12.8 Å². The summed E-state index contributed by atoms with van der Waals surface area (Å²) in [5, 5.41) is 8.33. The molecule has 0 saturated heterocycles. The van der Waals surface area contributed by atoms with Crippen LogP contribution in [0.1, 0.15) is 57.8 Å². The number of carboxylic acids is 1. The van der Waals surface area contributed by atoms with Crippen molar-refractivity contribution in [1.82, 2.24) is 0 Å². The molecule has 1 atom stereocenters. The third kappa shape index (κ3) is 11.6. The molecule has 1 unspecified atom stereocenters. The molecule has 1 aliphatic carbocycles. The summed E-state index contributed by atoms with van der Waals surface area (Å²) in [5.74, 6) is -0.933. The van der Waals surface area contributed by atoms with Crippen LogP contribution in [0, 0.1) is 0 Å². The maximum atomic E-state index is 10.1. The van der Waals surface area contributed by atoms with Crippen molar-refractivity contribution in [3.05, 3.63) is 12.2 Å². The predicted molar refractivity (Wildman–Crippen MR) is 75.4 cm³/mol. The molecule has 1 aliphatic rings. The van der Waals surface area contributed by atoms with Gasteiger partial charge < -0.3 is 16.6 Å². The summed E-state index contributed by atoms with van der Waals surface area (Å²) in [4.78, 5) is 10.1. The molecule has 0 heterocycles. The Morgan fingerprint density at radius 2 is 1.67 bits per heavy atom. The van der Waals surface area contributed by atoms with E-state index in [4.69, 9.17) is 16.6 Å². The summed E-state index contributed by atoms with van der Waals surface area (Å²) in [5.41, 5.74) is 10.4. The molecular weight excluding hydrogens is 228 g/mol. The van der Waals surface area contributed by atoms with Gasteiger partial charge >= 0.3 is 5.97 Å². The summed E-state index contributed by atoms with van der Waals surface area (Å²) in [6.07, 6.45) is 15.2. The summed E-state index contributed by atoms with van der Waals surface area (Å²) in [6.45, 7) is 0.604. The molecule has 0 amide bonds. The van der Waals surface area contributed by atoms with Crippen LogP contribution in [0.2, 0.25) is 0 Å². The predicted octanol–water partition coefficient (Wildman–Crippen LogP) is 2.42. The molecule has 0 bridgehead atoms. The van der Waals surface area contributed by atoms with Crippen LogP contribution >= 0.6 is 0 Å². The minimum absolute atomic E-state index is 0.520. The zero-order valence-electron chi connectivity index (χ0n) is 11.3. The van der Waals surface area contributed by atoms with Crippen molar-refractivity contribution in [2.75, 3.05) is 6.54 Å². The van der Waals surface area contributed by atoms with Gasteiger partial charge in [-0.2, -0.15) is 0 Å². The molecule has 0 aromatic carbocycles. The van der Waals surface area contributed by atoms with Gasteiger partial charge in [-0.3, -0.25) is 4.79 Å². The molecule has 0 aromatic rings. The van der Waals surface area contributed by atoms with Crippen molar-refractivity contribution in [3.63, 3.8) is 0 Å². The smallest absolute Gasteiger partial charge is 0.320 e. The van der Waals surface area contributed by atoms with Gasteiger partial charge in [0.25, 0.3) is 0 Å². The first-order chi connectivity index (χ1) is 8.68. The van der Waals surface area contributed by atoms with E-state index in [-0.39, 0.29) is 0 Å². The van der Waals surface area contributed by atoms with Gasteiger partial charge in [0.2, 0.25) is 0 Å². The van der Waals surface area contributed by atoms with Gasteiger partial charge in [0.15, 0.2) is 0 Å². The van der Waals surface area contributed by atoms with Gasteiger partial charge in [-0.05, 0) is 45.1 Å². The van der Waals surface area contributed by atoms with E-state index in [1.165, 1.54) is 38.5 Å². The number of rotatable bonds is 5. The third-order valence-corrected chi connectivity index (χ3v) is 2.94. The van der Waals surface area contributed by atoms with Crippen LogP contribution in [0.15, 0.2) is 12.2 Å². The third-order valence-electron chi connectivity index (χ3n) is 2.94. The number of hydrogen-bond donors (Lipinski definition) is 3. The maximum Gasteiger partial charge on any atom is 0.320 e. The zero-order valence-corrected chi connectivity index (χ0v) is 11.3. The molecule has 0 aliphatic heterocycles. The van der Waals surface area contributed by atoms with Crippen LogP contribution in [0.5, 0.6) is 0 Å². The highest BCUT2D eigenvalue weighted by atomic mass is 16.4. The number of unbranched alkanes of at least 4 members (excludes halogenated alkanes) is 1. The minimum atomic E-state index is -0.933. The van der Waals surface area contributed by atoms with E-state index in [0.29, 0.717) is 13.0 Å². The van der Waals surface area contributed by atoms with Crippen LogP contribution in [0.3, 0.4) is 0 Å². The number of nitrogens with two attached hydrogens (primary N) is 2. The van der Waals surface area contributed by atoms with E-state index in [2.05, 4.69) is 12.2 Å². The topological polar surface area (TPSA) is 89.3 Å². The largest absolute Gasteiger partial charge is 0.480 e. The van der Waals surface area contributed by atoms with E-state index in [9.17, 15) is 4.79 Å². The summed E-state index contributed by atoms with van der Waals surface area (Å²) < 4.78 is 0. The lowest BCUT2D eigenvalue weighted by molar-refractivity contribution is -0.138. The molecule has 0 saturated carbocycles. The monoisotopic (exact) mass is 256 g/mol. The Kier molecular flexibility index (Phi) is 12.0. The first-order valence-electron chi connectivity index (χ1n) is 7.02. The lowest BCUT2D eigenvalue weighted by Gasteiger charge is -2.03. The quantitative estimate of drug-likeness (QED) is 0.520. The van der Waals surface area contributed by atoms with Gasteiger partial charge in [-0.15, -0.1) is 0 Å². The second kappa shape index (κ2) is 12.6. The molecule has 0 spiro atoms. The normalized spacial score (nSPS) is 17.0. The van der Waals surface area contributed by atoms with E-state index in [1.54, 1.807) is 0 Å². The second-order valence-corrected chi connectivity index (χ2v) is 4.69. The van der Waals surface area contributed by atoms with Crippen LogP contribution in [0.25, 0.3) is 0 Å². The number of hydrogen-bond acceptors (Lipinski definition) is 3. The molecule has 106 valence electrons. The van der Waals surface area contributed by atoms with Crippen LogP contribution < -0.4 is 11.5 Å². The number of allylic oxidation sites excluding steroid dienone is 2. The van der Waals surface area contributed by atoms with Crippen molar-refractivity contribution in [2.45, 2.75) is 63.8 Å². The molecule has 4 heteroatoms. The highest BCUT2D eigenvalue weighted by molar-refractivity contribution is 5.72. The van der Waals surface area contributed by atoms with Gasteiger partial charge in [0, 0.05) is 0 Å². The fourth-order valence-electron chi connectivity index (χ4n) is 1.75. The number of carboxylic acid groups (broad SMARTS) is 1. The fraction of sp³-hybridized carbons (Fsp3) is 0.786. The summed E-state index contributed by atoms with van der Waals surface area (Å²) in [6, 6.07) is -0.716. The van der Waals surface area contributed by atoms with E-state index >= 15 is 0 Å². The van der Waals surface area contributed by atoms with Crippen molar-refractivity contribution in [3.8, 4) is 0 Å². The van der Waals surface area contributed by atoms with Crippen molar-refractivity contribution in [2.24, 2.45) is 11.5 Å². The zero-order chi connectivity index (χ0) is 13.6. The van der Waals surface area contributed by atoms with Crippen LogP contribution in [-0.4, -0.2) is 23.7 Å². The Hall–Kier alpha value is -0.870. The maximum absolute atomic E-state index is 10.1. The first-order valence-corrected chi connectivity index (χ1v) is 7.02. The van der Waals surface area contributed by atoms with Gasteiger partial charge in [0.05, 0.1) is 0 Å². The highest BCUT2D eigenvalue weighted by Gasteiger charge is 2.09. The standard InChI is InChI=1S/C8H14.C6H14N2O2/c1-2-4-6-8-7-5-3-1;7-4-2-1-3-5(8)6(9)10/h1-2H,3-8H2;5H,1-4,7-8H2,(H,9,10). The van der Waals surface area contributed by atoms with E-state index < -0.39 is 12.0 Å². The summed E-state index contributed by atoms with van der Waals surface area (Å²) >= 11 is 0. The molecule has 0 radical (unpaired) electrons. The van der Waals surface area contributed by atoms with Crippen molar-refractivity contribution < 1.29 is 9.90 Å². The summed E-state index contributed by atoms with van der Waals surface area (Å²) in [7, 11) is 0. The first kappa shape index (κ1) is 17.1. The van der Waals surface area contributed by atoms with Gasteiger partial charge in [-0.1, -0.05) is 31.4 Å². The number of carbonyl (C=O) groups is 1. The minimum Gasteiger partial charge on any atom is -0.480 e. The lowest BCUT2D eigenvalue weighted by atomic mass is 10.1.